The summed E-state index contributed by atoms with van der Waals surface area (Å²) in [6.45, 7) is 6.72. The number of nitrogens with zero attached hydrogens (tertiary/aromatic N) is 1. The maximum atomic E-state index is 4.37. The minimum absolute atomic E-state index is 0.233. The molecule has 6 aromatic rings. The molecule has 6 aromatic carbocycles. The lowest BCUT2D eigenvalue weighted by molar-refractivity contribution is 0.330. The van der Waals surface area contributed by atoms with E-state index in [9.17, 15) is 0 Å². The zero-order valence-corrected chi connectivity index (χ0v) is 31.5. The van der Waals surface area contributed by atoms with Gasteiger partial charge in [0.05, 0.1) is 0 Å². The van der Waals surface area contributed by atoms with Crippen molar-refractivity contribution in [1.29, 1.82) is 0 Å². The fraction of sp³-hybridized carbons (Fsp3) is 0.208. The van der Waals surface area contributed by atoms with E-state index in [0.29, 0.717) is 0 Å². The van der Waals surface area contributed by atoms with E-state index in [1.807, 2.05) is 0 Å². The lowest BCUT2D eigenvalue weighted by Crippen LogP contribution is -2.28. The average molecular weight is 700 g/mol. The number of hydrogen-bond acceptors (Lipinski definition) is 1. The molecule has 0 amide bonds. The smallest absolute Gasteiger partial charge is 0.0462 e. The Morgan fingerprint density at radius 1 is 0.537 bits per heavy atom. The van der Waals surface area contributed by atoms with E-state index in [1.54, 1.807) is 0 Å². The van der Waals surface area contributed by atoms with Gasteiger partial charge in [0.25, 0.3) is 0 Å². The minimum Gasteiger partial charge on any atom is -0.311 e. The zero-order chi connectivity index (χ0) is 36.5. The molecule has 1 fully saturated rings. The first-order valence-electron chi connectivity index (χ1n) is 20.0. The van der Waals surface area contributed by atoms with Crippen molar-refractivity contribution in [2.24, 2.45) is 0 Å². The molecule has 0 aliphatic heterocycles. The molecule has 0 N–H and O–H groups in total. The quantitative estimate of drug-likeness (QED) is 0.143. The molecule has 1 saturated carbocycles. The maximum absolute atomic E-state index is 4.37. The van der Waals surface area contributed by atoms with Gasteiger partial charge in [-0.25, -0.2) is 0 Å². The third-order valence-corrected chi connectivity index (χ3v) is 12.4. The van der Waals surface area contributed by atoms with Crippen molar-refractivity contribution in [3.8, 4) is 33.4 Å². The number of allylic oxidation sites excluding steroid dienone is 3. The van der Waals surface area contributed by atoms with Crippen LogP contribution in [0.25, 0.3) is 45.5 Å². The molecule has 3 aliphatic carbocycles. The summed E-state index contributed by atoms with van der Waals surface area (Å²) in [6, 6.07) is 50.3. The Hall–Kier alpha value is -5.66. The van der Waals surface area contributed by atoms with Gasteiger partial charge in [0, 0.05) is 17.1 Å². The number of hydrogen-bond donors (Lipinski definition) is 0. The molecule has 1 heteroatoms. The first-order valence-corrected chi connectivity index (χ1v) is 20.0. The van der Waals surface area contributed by atoms with Crippen LogP contribution in [0.1, 0.15) is 79.7 Å². The highest BCUT2D eigenvalue weighted by Crippen LogP contribution is 2.45. The lowest BCUT2D eigenvalue weighted by Gasteiger charge is -2.38. The lowest BCUT2D eigenvalue weighted by atomic mass is 9.66. The number of fused-ring (bicyclic) bond motifs is 2. The van der Waals surface area contributed by atoms with E-state index in [0.717, 1.165) is 55.6 Å². The molecule has 0 radical (unpaired) electrons. The molecule has 1 atom stereocenters. The molecular formula is C53H49N. The topological polar surface area (TPSA) is 3.24 Å². The summed E-state index contributed by atoms with van der Waals surface area (Å²) >= 11 is 0. The predicted octanol–water partition coefficient (Wildman–Crippen LogP) is 14.9. The van der Waals surface area contributed by atoms with Crippen LogP contribution in [0.3, 0.4) is 0 Å². The Balaban J connectivity index is 1.05. The predicted molar refractivity (Wildman–Crippen MR) is 232 cm³/mol. The molecular weight excluding hydrogens is 651 g/mol. The van der Waals surface area contributed by atoms with Crippen molar-refractivity contribution >= 4 is 29.2 Å². The summed E-state index contributed by atoms with van der Waals surface area (Å²) in [4.78, 5) is 2.39. The Bertz CT molecular complexity index is 2250. The second-order valence-corrected chi connectivity index (χ2v) is 15.6. The van der Waals surface area contributed by atoms with Crippen LogP contribution in [0.2, 0.25) is 0 Å². The summed E-state index contributed by atoms with van der Waals surface area (Å²) in [7, 11) is 0. The van der Waals surface area contributed by atoms with Crippen LogP contribution >= 0.6 is 0 Å². The molecule has 0 heterocycles. The Kier molecular flexibility index (Phi) is 9.25. The third kappa shape index (κ3) is 6.47. The Labute approximate surface area is 322 Å². The molecule has 0 aromatic heterocycles. The highest BCUT2D eigenvalue weighted by Gasteiger charge is 2.33. The van der Waals surface area contributed by atoms with Gasteiger partial charge in [0.1, 0.15) is 0 Å². The number of anilines is 3. The second-order valence-electron chi connectivity index (χ2n) is 15.6. The molecule has 1 unspecified atom stereocenters. The van der Waals surface area contributed by atoms with Crippen molar-refractivity contribution in [3.63, 3.8) is 0 Å². The second kappa shape index (κ2) is 14.6. The number of benzene rings is 6. The van der Waals surface area contributed by atoms with Crippen LogP contribution in [0.5, 0.6) is 0 Å². The first-order chi connectivity index (χ1) is 26.6. The van der Waals surface area contributed by atoms with Crippen LogP contribution in [-0.2, 0) is 18.3 Å². The van der Waals surface area contributed by atoms with Crippen LogP contribution in [0.15, 0.2) is 158 Å². The van der Waals surface area contributed by atoms with Crippen molar-refractivity contribution in [3.05, 3.63) is 186 Å². The molecule has 266 valence electrons. The van der Waals surface area contributed by atoms with Crippen LogP contribution < -0.4 is 4.90 Å². The van der Waals surface area contributed by atoms with Gasteiger partial charge in [-0.15, -0.1) is 0 Å². The van der Waals surface area contributed by atoms with Crippen molar-refractivity contribution < 1.29 is 0 Å². The largest absolute Gasteiger partial charge is 0.311 e. The molecule has 9 rings (SSSR count). The van der Waals surface area contributed by atoms with Gasteiger partial charge >= 0.3 is 0 Å². The van der Waals surface area contributed by atoms with Gasteiger partial charge in [-0.3, -0.25) is 0 Å². The van der Waals surface area contributed by atoms with Crippen LogP contribution in [-0.4, -0.2) is 0 Å². The van der Waals surface area contributed by atoms with E-state index < -0.39 is 0 Å². The van der Waals surface area contributed by atoms with Crippen LogP contribution in [0.4, 0.5) is 17.1 Å². The Morgan fingerprint density at radius 3 is 1.46 bits per heavy atom. The highest BCUT2D eigenvalue weighted by molar-refractivity contribution is 5.84. The summed E-state index contributed by atoms with van der Waals surface area (Å²) in [5, 5.41) is 0. The molecule has 1 nitrogen and oxygen atoms in total. The number of aryl methyl sites for hydroxylation is 2. The van der Waals surface area contributed by atoms with Gasteiger partial charge in [0.2, 0.25) is 0 Å². The SMILES string of the molecule is C=C1CCCC(CC)(c2ccc(-c3ccc(N(c4ccc(-c5cccc6c5C=CCC6)cc4)c4ccc(-c5cccc6c5C=CCC6)cc4)cc3)cc2)C1. The molecule has 0 saturated heterocycles. The van der Waals surface area contributed by atoms with Gasteiger partial charge in [-0.05, 0) is 161 Å². The standard InChI is InChI=1S/C53H49N/c1-3-53(36-10-11-38(2)37-53)45-28-20-39(21-29-45)40-22-30-46(31-23-40)54(47-32-24-43(25-33-47)51-18-8-14-41-12-4-6-16-49(41)51)48-34-26-44(27-35-48)52-19-9-15-42-13-5-7-17-50(42)52/h6-9,14-35H,2-5,10-13,36-37H2,1H3. The third-order valence-electron chi connectivity index (χ3n) is 12.4. The van der Waals surface area contributed by atoms with Gasteiger partial charge in [0.15, 0.2) is 0 Å². The monoisotopic (exact) mass is 699 g/mol. The van der Waals surface area contributed by atoms with E-state index in [1.165, 1.54) is 86.0 Å². The summed E-state index contributed by atoms with van der Waals surface area (Å²) < 4.78 is 0. The van der Waals surface area contributed by atoms with Crippen molar-refractivity contribution in [2.75, 3.05) is 4.90 Å². The number of rotatable bonds is 8. The van der Waals surface area contributed by atoms with E-state index in [4.69, 9.17) is 0 Å². The summed E-state index contributed by atoms with van der Waals surface area (Å²) in [6.07, 6.45) is 19.6. The van der Waals surface area contributed by atoms with Crippen LogP contribution in [0, 0.1) is 0 Å². The normalized spacial score (nSPS) is 17.5. The summed E-state index contributed by atoms with van der Waals surface area (Å²) in [5.41, 5.74) is 19.7. The minimum atomic E-state index is 0.233. The molecule has 3 aliphatic rings. The average Bonchev–Trinajstić information content (AvgIpc) is 3.24. The Morgan fingerprint density at radius 2 is 1.00 bits per heavy atom. The van der Waals surface area contributed by atoms with Gasteiger partial charge < -0.3 is 4.90 Å². The van der Waals surface area contributed by atoms with Gasteiger partial charge in [-0.1, -0.05) is 140 Å². The maximum Gasteiger partial charge on any atom is 0.0462 e. The highest BCUT2D eigenvalue weighted by atomic mass is 15.1. The molecule has 0 spiro atoms. The first kappa shape index (κ1) is 34.1. The van der Waals surface area contributed by atoms with E-state index in [-0.39, 0.29) is 5.41 Å². The van der Waals surface area contributed by atoms with Crippen molar-refractivity contribution in [1.82, 2.24) is 0 Å². The summed E-state index contributed by atoms with van der Waals surface area (Å²) in [5.74, 6) is 0. The zero-order valence-electron chi connectivity index (χ0n) is 31.5. The fourth-order valence-corrected chi connectivity index (χ4v) is 9.37. The molecule has 0 bridgehead atoms. The fourth-order valence-electron chi connectivity index (χ4n) is 9.37. The molecule has 54 heavy (non-hydrogen) atoms. The van der Waals surface area contributed by atoms with Gasteiger partial charge in [-0.2, -0.15) is 0 Å². The van der Waals surface area contributed by atoms with E-state index >= 15 is 0 Å². The van der Waals surface area contributed by atoms with E-state index in [2.05, 4.69) is 176 Å². The van der Waals surface area contributed by atoms with Crippen molar-refractivity contribution in [2.45, 2.75) is 70.1 Å².